The first kappa shape index (κ1) is 15.5. The summed E-state index contributed by atoms with van der Waals surface area (Å²) in [5.74, 6) is 0.363. The number of benzene rings is 1. The van der Waals surface area contributed by atoms with Crippen LogP contribution in [-0.4, -0.2) is 24.9 Å². The molecule has 0 unspecified atom stereocenters. The second kappa shape index (κ2) is 7.79. The van der Waals surface area contributed by atoms with Crippen molar-refractivity contribution in [3.63, 3.8) is 0 Å². The van der Waals surface area contributed by atoms with Crippen molar-refractivity contribution in [2.24, 2.45) is 5.92 Å². The minimum atomic E-state index is -0.263. The van der Waals surface area contributed by atoms with E-state index in [9.17, 15) is 9.59 Å². The summed E-state index contributed by atoms with van der Waals surface area (Å²) in [6.45, 7) is 4.62. The third-order valence-electron chi connectivity index (χ3n) is 2.49. The molecule has 0 heterocycles. The van der Waals surface area contributed by atoms with Gasteiger partial charge >= 0.3 is 0 Å². The van der Waals surface area contributed by atoms with Gasteiger partial charge in [-0.1, -0.05) is 26.0 Å². The number of hydrogen-bond acceptors (Lipinski definition) is 2. The molecule has 0 aliphatic carbocycles. The van der Waals surface area contributed by atoms with Crippen LogP contribution in [0, 0.1) is 5.92 Å². The van der Waals surface area contributed by atoms with E-state index in [4.69, 9.17) is 11.6 Å². The lowest BCUT2D eigenvalue weighted by molar-refractivity contribution is -0.120. The number of amides is 2. The molecule has 0 saturated heterocycles. The smallest absolute Gasteiger partial charge is 0.251 e. The Labute approximate surface area is 118 Å². The molecule has 0 fully saturated rings. The second-order valence-electron chi connectivity index (χ2n) is 4.71. The van der Waals surface area contributed by atoms with Crippen molar-refractivity contribution in [1.29, 1.82) is 0 Å². The standard InChI is InChI=1S/C14H19ClN2O2/c1-10(2)8-16-13(18)9-17-14(19)12-5-3-11(7-15)4-6-12/h3-6,10H,7-9H2,1-2H3,(H,16,18)(H,17,19). The zero-order chi connectivity index (χ0) is 14.3. The number of rotatable bonds is 6. The number of carbonyl (C=O) groups excluding carboxylic acids is 2. The Bertz CT molecular complexity index is 430. The number of carbonyl (C=O) groups is 2. The largest absolute Gasteiger partial charge is 0.354 e. The number of hydrogen-bond donors (Lipinski definition) is 2. The Morgan fingerprint density at radius 1 is 1.16 bits per heavy atom. The summed E-state index contributed by atoms with van der Waals surface area (Å²) in [6, 6.07) is 6.97. The van der Waals surface area contributed by atoms with Crippen LogP contribution in [0.1, 0.15) is 29.8 Å². The molecular weight excluding hydrogens is 264 g/mol. The first-order chi connectivity index (χ1) is 9.02. The highest BCUT2D eigenvalue weighted by molar-refractivity contribution is 6.17. The van der Waals surface area contributed by atoms with Gasteiger partial charge in [-0.2, -0.15) is 0 Å². The molecule has 1 aromatic carbocycles. The third-order valence-corrected chi connectivity index (χ3v) is 2.80. The molecule has 1 aromatic rings. The van der Waals surface area contributed by atoms with Crippen molar-refractivity contribution in [2.75, 3.05) is 13.1 Å². The molecule has 5 heteroatoms. The average molecular weight is 283 g/mol. The van der Waals surface area contributed by atoms with Crippen LogP contribution in [0.15, 0.2) is 24.3 Å². The highest BCUT2D eigenvalue weighted by Crippen LogP contribution is 2.06. The molecule has 104 valence electrons. The van der Waals surface area contributed by atoms with E-state index in [0.717, 1.165) is 5.56 Å². The minimum absolute atomic E-state index is 0.0111. The van der Waals surface area contributed by atoms with E-state index in [1.54, 1.807) is 24.3 Å². The molecule has 0 bridgehead atoms. The van der Waals surface area contributed by atoms with Crippen LogP contribution in [0.3, 0.4) is 0 Å². The van der Waals surface area contributed by atoms with Crippen molar-refractivity contribution in [2.45, 2.75) is 19.7 Å². The zero-order valence-corrected chi connectivity index (χ0v) is 12.0. The van der Waals surface area contributed by atoms with Gasteiger partial charge in [0.15, 0.2) is 0 Å². The fraction of sp³-hybridized carbons (Fsp3) is 0.429. The lowest BCUT2D eigenvalue weighted by Crippen LogP contribution is -2.38. The van der Waals surface area contributed by atoms with Crippen molar-refractivity contribution in [3.8, 4) is 0 Å². The van der Waals surface area contributed by atoms with Crippen molar-refractivity contribution >= 4 is 23.4 Å². The quantitative estimate of drug-likeness (QED) is 0.783. The highest BCUT2D eigenvalue weighted by Gasteiger charge is 2.08. The Morgan fingerprint density at radius 2 is 1.79 bits per heavy atom. The molecule has 0 atom stereocenters. The minimum Gasteiger partial charge on any atom is -0.354 e. The number of alkyl halides is 1. The van der Waals surface area contributed by atoms with Crippen LogP contribution in [0.4, 0.5) is 0 Å². The van der Waals surface area contributed by atoms with Gasteiger partial charge in [-0.25, -0.2) is 0 Å². The van der Waals surface area contributed by atoms with E-state index >= 15 is 0 Å². The van der Waals surface area contributed by atoms with E-state index in [-0.39, 0.29) is 18.4 Å². The van der Waals surface area contributed by atoms with Gasteiger partial charge in [0.05, 0.1) is 6.54 Å². The van der Waals surface area contributed by atoms with Crippen LogP contribution in [0.25, 0.3) is 0 Å². The molecule has 0 spiro atoms. The summed E-state index contributed by atoms with van der Waals surface area (Å²) in [7, 11) is 0. The van der Waals surface area contributed by atoms with Crippen LogP contribution in [0.5, 0.6) is 0 Å². The second-order valence-corrected chi connectivity index (χ2v) is 4.98. The normalized spacial score (nSPS) is 10.3. The van der Waals surface area contributed by atoms with Gasteiger partial charge in [0.2, 0.25) is 5.91 Å². The van der Waals surface area contributed by atoms with Crippen molar-refractivity contribution in [1.82, 2.24) is 10.6 Å². The third kappa shape index (κ3) is 5.75. The predicted molar refractivity (Wildman–Crippen MR) is 76.2 cm³/mol. The average Bonchev–Trinajstić information content (AvgIpc) is 2.42. The topological polar surface area (TPSA) is 58.2 Å². The van der Waals surface area contributed by atoms with Gasteiger partial charge in [0.25, 0.3) is 5.91 Å². The highest BCUT2D eigenvalue weighted by atomic mass is 35.5. The van der Waals surface area contributed by atoms with Crippen molar-refractivity contribution in [3.05, 3.63) is 35.4 Å². The Kier molecular flexibility index (Phi) is 6.36. The molecule has 0 aliphatic rings. The van der Waals surface area contributed by atoms with Crippen LogP contribution >= 0.6 is 11.6 Å². The molecule has 4 nitrogen and oxygen atoms in total. The Balaban J connectivity index is 2.40. The van der Waals surface area contributed by atoms with Gasteiger partial charge in [0, 0.05) is 18.0 Å². The molecular formula is C14H19ClN2O2. The van der Waals surface area contributed by atoms with E-state index < -0.39 is 0 Å². The summed E-state index contributed by atoms with van der Waals surface area (Å²) >= 11 is 5.67. The summed E-state index contributed by atoms with van der Waals surface area (Å²) in [6.07, 6.45) is 0. The SMILES string of the molecule is CC(C)CNC(=O)CNC(=O)c1ccc(CCl)cc1. The maximum absolute atomic E-state index is 11.8. The molecule has 0 saturated carbocycles. The number of nitrogens with one attached hydrogen (secondary N) is 2. The van der Waals surface area contributed by atoms with E-state index in [1.165, 1.54) is 0 Å². The van der Waals surface area contributed by atoms with E-state index in [2.05, 4.69) is 10.6 Å². The van der Waals surface area contributed by atoms with Gasteiger partial charge in [-0.15, -0.1) is 11.6 Å². The fourth-order valence-corrected chi connectivity index (χ4v) is 1.57. The summed E-state index contributed by atoms with van der Waals surface area (Å²) in [4.78, 5) is 23.2. The van der Waals surface area contributed by atoms with Crippen LogP contribution in [0.2, 0.25) is 0 Å². The van der Waals surface area contributed by atoms with Gasteiger partial charge in [0.1, 0.15) is 0 Å². The van der Waals surface area contributed by atoms with E-state index in [0.29, 0.717) is 23.9 Å². The molecule has 19 heavy (non-hydrogen) atoms. The lowest BCUT2D eigenvalue weighted by atomic mass is 10.1. The van der Waals surface area contributed by atoms with Crippen molar-refractivity contribution < 1.29 is 9.59 Å². The summed E-state index contributed by atoms with van der Waals surface area (Å²) < 4.78 is 0. The Morgan fingerprint density at radius 3 is 2.32 bits per heavy atom. The first-order valence-corrected chi connectivity index (χ1v) is 6.76. The predicted octanol–water partition coefficient (Wildman–Crippen LogP) is 1.93. The maximum Gasteiger partial charge on any atom is 0.251 e. The Hall–Kier alpha value is -1.55. The van der Waals surface area contributed by atoms with Gasteiger partial charge < -0.3 is 10.6 Å². The molecule has 0 aromatic heterocycles. The maximum atomic E-state index is 11.8. The van der Waals surface area contributed by atoms with Gasteiger partial charge in [-0.05, 0) is 23.6 Å². The van der Waals surface area contributed by atoms with Crippen LogP contribution in [-0.2, 0) is 10.7 Å². The molecule has 0 aliphatic heterocycles. The molecule has 0 radical (unpaired) electrons. The lowest BCUT2D eigenvalue weighted by Gasteiger charge is -2.08. The van der Waals surface area contributed by atoms with E-state index in [1.807, 2.05) is 13.8 Å². The van der Waals surface area contributed by atoms with Crippen LogP contribution < -0.4 is 10.6 Å². The molecule has 2 N–H and O–H groups in total. The molecule has 2 amide bonds. The summed E-state index contributed by atoms with van der Waals surface area (Å²) in [5.41, 5.74) is 1.47. The molecule has 1 rings (SSSR count). The monoisotopic (exact) mass is 282 g/mol. The number of halogens is 1. The van der Waals surface area contributed by atoms with Gasteiger partial charge in [-0.3, -0.25) is 9.59 Å². The zero-order valence-electron chi connectivity index (χ0n) is 11.2. The first-order valence-electron chi connectivity index (χ1n) is 6.22. The summed E-state index contributed by atoms with van der Waals surface area (Å²) in [5, 5.41) is 5.31. The fourth-order valence-electron chi connectivity index (χ4n) is 1.39.